The number of hydrogen-bond donors (Lipinski definition) is 1. The average Bonchev–Trinajstić information content (AvgIpc) is 3.02. The lowest BCUT2D eigenvalue weighted by molar-refractivity contribution is -0.135. The van der Waals surface area contributed by atoms with Gasteiger partial charge in [0.1, 0.15) is 18.1 Å². The second-order valence-electron chi connectivity index (χ2n) is 7.78. The lowest BCUT2D eigenvalue weighted by Gasteiger charge is -2.23. The number of hydrogen-bond acceptors (Lipinski definition) is 5. The van der Waals surface area contributed by atoms with Gasteiger partial charge >= 0.3 is 0 Å². The third-order valence-corrected chi connectivity index (χ3v) is 5.73. The number of rotatable bonds is 8. The lowest BCUT2D eigenvalue weighted by Crippen LogP contribution is -2.43. The van der Waals surface area contributed by atoms with Crippen LogP contribution < -0.4 is 14.4 Å². The highest BCUT2D eigenvalue weighted by atomic mass is 16.5. The maximum absolute atomic E-state index is 13.3. The van der Waals surface area contributed by atoms with Gasteiger partial charge in [-0.15, -0.1) is 0 Å². The molecule has 0 bridgehead atoms. The molecule has 1 aliphatic heterocycles. The van der Waals surface area contributed by atoms with Crippen molar-refractivity contribution in [2.75, 3.05) is 25.2 Å². The van der Waals surface area contributed by atoms with E-state index in [1.807, 2.05) is 31.2 Å². The van der Waals surface area contributed by atoms with Crippen LogP contribution in [0.4, 0.5) is 5.69 Å². The molecule has 0 fully saturated rings. The number of methoxy groups -OCH3 is 1. The number of ketones is 1. The first-order chi connectivity index (χ1) is 15.4. The molecule has 3 aromatic rings. The average molecular weight is 431 g/mol. The molecule has 164 valence electrons. The van der Waals surface area contributed by atoms with Gasteiger partial charge in [0.2, 0.25) is 0 Å². The number of para-hydroxylation sites is 2. The van der Waals surface area contributed by atoms with Crippen LogP contribution in [0.3, 0.4) is 0 Å². The van der Waals surface area contributed by atoms with Gasteiger partial charge in [0.05, 0.1) is 25.8 Å². The number of anilines is 1. The Morgan fingerprint density at radius 1 is 1.00 bits per heavy atom. The van der Waals surface area contributed by atoms with E-state index in [2.05, 4.69) is 0 Å². The fourth-order valence-corrected chi connectivity index (χ4v) is 3.98. The molecule has 3 aromatic carbocycles. The Morgan fingerprint density at radius 2 is 1.69 bits per heavy atom. The van der Waals surface area contributed by atoms with Gasteiger partial charge in [0.15, 0.2) is 11.4 Å². The summed E-state index contributed by atoms with van der Waals surface area (Å²) in [6.07, 6.45) is -0.343. The molecule has 0 spiro atoms. The first-order valence-electron chi connectivity index (χ1n) is 10.4. The molecule has 0 saturated carbocycles. The summed E-state index contributed by atoms with van der Waals surface area (Å²) in [4.78, 5) is 27.7. The smallest absolute Gasteiger partial charge is 0.264 e. The fraction of sp³-hybridized carbons (Fsp3) is 0.231. The minimum atomic E-state index is -1.92. The number of benzene rings is 3. The summed E-state index contributed by atoms with van der Waals surface area (Å²) in [5.41, 5.74) is 0.516. The van der Waals surface area contributed by atoms with Crippen LogP contribution in [-0.2, 0) is 10.4 Å². The van der Waals surface area contributed by atoms with Crippen LogP contribution in [0.2, 0.25) is 0 Å². The second-order valence-corrected chi connectivity index (χ2v) is 7.78. The van der Waals surface area contributed by atoms with Crippen molar-refractivity contribution in [1.82, 2.24) is 0 Å². The topological polar surface area (TPSA) is 76.1 Å². The van der Waals surface area contributed by atoms with Gasteiger partial charge in [-0.3, -0.25) is 9.59 Å². The van der Waals surface area contributed by atoms with Gasteiger partial charge < -0.3 is 19.5 Å². The van der Waals surface area contributed by atoms with Crippen molar-refractivity contribution in [3.63, 3.8) is 0 Å². The molecule has 6 nitrogen and oxygen atoms in total. The molecular formula is C26H25NO5. The molecule has 1 amide bonds. The molecule has 32 heavy (non-hydrogen) atoms. The highest BCUT2D eigenvalue weighted by Gasteiger charge is 2.50. The van der Waals surface area contributed by atoms with Gasteiger partial charge in [-0.05, 0) is 48.9 Å². The van der Waals surface area contributed by atoms with E-state index in [9.17, 15) is 14.7 Å². The molecule has 0 unspecified atom stereocenters. The van der Waals surface area contributed by atoms with Crippen molar-refractivity contribution in [1.29, 1.82) is 0 Å². The third kappa shape index (κ3) is 3.97. The van der Waals surface area contributed by atoms with Crippen molar-refractivity contribution in [3.05, 3.63) is 89.5 Å². The number of ether oxygens (including phenoxy) is 2. The van der Waals surface area contributed by atoms with Crippen molar-refractivity contribution < 1.29 is 24.2 Å². The maximum Gasteiger partial charge on any atom is 0.264 e. The van der Waals surface area contributed by atoms with E-state index < -0.39 is 11.5 Å². The van der Waals surface area contributed by atoms with E-state index in [0.717, 1.165) is 11.3 Å². The first kappa shape index (κ1) is 21.6. The van der Waals surface area contributed by atoms with Crippen LogP contribution in [0.25, 0.3) is 0 Å². The molecule has 0 aromatic heterocycles. The van der Waals surface area contributed by atoms with Gasteiger partial charge in [-0.25, -0.2) is 0 Å². The Morgan fingerprint density at radius 3 is 2.41 bits per heavy atom. The minimum Gasteiger partial charge on any atom is -0.497 e. The predicted molar refractivity (Wildman–Crippen MR) is 121 cm³/mol. The summed E-state index contributed by atoms with van der Waals surface area (Å²) in [6, 6.07) is 21.3. The number of nitrogens with zero attached hydrogens (tertiary/aromatic N) is 1. The number of carbonyl (C=O) groups excluding carboxylic acids is 2. The van der Waals surface area contributed by atoms with E-state index in [1.165, 1.54) is 4.90 Å². The molecule has 1 heterocycles. The SMILES string of the molecule is COc1ccc(C(=O)C[C@@]2(O)C(=O)N(CCOc3ccccc3C)c3ccccc32)cc1. The number of Topliss-reactive ketones (excluding diaryl/α,β-unsaturated/α-hetero) is 1. The zero-order valence-corrected chi connectivity index (χ0v) is 18.1. The van der Waals surface area contributed by atoms with Crippen LogP contribution in [-0.4, -0.2) is 37.1 Å². The highest BCUT2D eigenvalue weighted by molar-refractivity contribution is 6.10. The molecule has 0 aliphatic carbocycles. The Bertz CT molecular complexity index is 1140. The predicted octanol–water partition coefficient (Wildman–Crippen LogP) is 3.89. The zero-order valence-electron chi connectivity index (χ0n) is 18.1. The summed E-state index contributed by atoms with van der Waals surface area (Å²) in [5.74, 6) is 0.532. The summed E-state index contributed by atoms with van der Waals surface area (Å²) < 4.78 is 11.0. The number of carbonyl (C=O) groups is 2. The Labute approximate surface area is 187 Å². The van der Waals surface area contributed by atoms with Crippen LogP contribution in [0, 0.1) is 6.92 Å². The largest absolute Gasteiger partial charge is 0.497 e. The van der Waals surface area contributed by atoms with Gasteiger partial charge in [-0.1, -0.05) is 36.4 Å². The molecule has 0 radical (unpaired) electrons. The van der Waals surface area contributed by atoms with Crippen molar-refractivity contribution in [2.45, 2.75) is 18.9 Å². The van der Waals surface area contributed by atoms with Crippen LogP contribution in [0.15, 0.2) is 72.8 Å². The van der Waals surface area contributed by atoms with Crippen LogP contribution in [0.1, 0.15) is 27.9 Å². The minimum absolute atomic E-state index is 0.253. The van der Waals surface area contributed by atoms with E-state index in [4.69, 9.17) is 9.47 Å². The Balaban J connectivity index is 1.53. The Kier molecular flexibility index (Phi) is 5.97. The molecule has 1 atom stereocenters. The van der Waals surface area contributed by atoms with E-state index in [0.29, 0.717) is 22.6 Å². The summed E-state index contributed by atoms with van der Waals surface area (Å²) in [7, 11) is 1.55. The molecular weight excluding hydrogens is 406 g/mol. The number of aliphatic hydroxyl groups is 1. The Hall–Kier alpha value is -3.64. The van der Waals surface area contributed by atoms with Crippen molar-refractivity contribution >= 4 is 17.4 Å². The first-order valence-corrected chi connectivity index (χ1v) is 10.4. The van der Waals surface area contributed by atoms with Gasteiger partial charge in [0, 0.05) is 11.1 Å². The summed E-state index contributed by atoms with van der Waals surface area (Å²) >= 11 is 0. The van der Waals surface area contributed by atoms with Crippen LogP contribution in [0.5, 0.6) is 11.5 Å². The standard InChI is InChI=1S/C26H25NO5/c1-18-7-3-6-10-24(18)32-16-15-27-22-9-5-4-8-21(22)26(30,25(27)29)17-23(28)19-11-13-20(31-2)14-12-19/h3-14,30H,15-17H2,1-2H3/t26-/m0/s1. The maximum atomic E-state index is 13.3. The number of aryl methyl sites for hydroxylation is 1. The summed E-state index contributed by atoms with van der Waals surface area (Å²) in [6.45, 7) is 2.46. The molecule has 4 rings (SSSR count). The van der Waals surface area contributed by atoms with E-state index in [1.54, 1.807) is 55.6 Å². The molecule has 0 saturated heterocycles. The van der Waals surface area contributed by atoms with Gasteiger partial charge in [0.25, 0.3) is 5.91 Å². The highest BCUT2D eigenvalue weighted by Crippen LogP contribution is 2.42. The number of amides is 1. The second kappa shape index (κ2) is 8.85. The van der Waals surface area contributed by atoms with Crippen molar-refractivity contribution in [2.24, 2.45) is 0 Å². The monoisotopic (exact) mass is 431 g/mol. The molecule has 1 aliphatic rings. The fourth-order valence-electron chi connectivity index (χ4n) is 3.98. The van der Waals surface area contributed by atoms with E-state index >= 15 is 0 Å². The van der Waals surface area contributed by atoms with Crippen molar-refractivity contribution in [3.8, 4) is 11.5 Å². The van der Waals surface area contributed by atoms with Crippen LogP contribution >= 0.6 is 0 Å². The normalized spacial score (nSPS) is 17.2. The van der Waals surface area contributed by atoms with Gasteiger partial charge in [-0.2, -0.15) is 0 Å². The number of fused-ring (bicyclic) bond motifs is 1. The van der Waals surface area contributed by atoms with E-state index in [-0.39, 0.29) is 25.4 Å². The third-order valence-electron chi connectivity index (χ3n) is 5.73. The molecule has 6 heteroatoms. The lowest BCUT2D eigenvalue weighted by atomic mass is 9.88. The zero-order chi connectivity index (χ0) is 22.7. The quantitative estimate of drug-likeness (QED) is 0.548. The molecule has 1 N–H and O–H groups in total. The summed E-state index contributed by atoms with van der Waals surface area (Å²) in [5, 5.41) is 11.4.